The molecule has 1 rings (SSSR count). The number of hydrogen-bond acceptors (Lipinski definition) is 3. The molecular formula is C14H27BrN4. The lowest BCUT2D eigenvalue weighted by Gasteiger charge is -2.16. The van der Waals surface area contributed by atoms with Crippen molar-refractivity contribution in [3.8, 4) is 0 Å². The lowest BCUT2D eigenvalue weighted by molar-refractivity contribution is 0.452. The monoisotopic (exact) mass is 330 g/mol. The first kappa shape index (κ1) is 16.7. The predicted molar refractivity (Wildman–Crippen MR) is 83.9 cm³/mol. The molecule has 5 heteroatoms. The van der Waals surface area contributed by atoms with Crippen LogP contribution in [0.5, 0.6) is 0 Å². The van der Waals surface area contributed by atoms with E-state index in [1.807, 2.05) is 11.7 Å². The van der Waals surface area contributed by atoms with Crippen molar-refractivity contribution in [2.45, 2.75) is 64.8 Å². The third-order valence-electron chi connectivity index (χ3n) is 3.58. The maximum absolute atomic E-state index is 5.68. The second kappa shape index (κ2) is 8.72. The van der Waals surface area contributed by atoms with Gasteiger partial charge in [0.05, 0.1) is 15.9 Å². The van der Waals surface area contributed by atoms with Crippen molar-refractivity contribution in [3.63, 3.8) is 0 Å². The minimum atomic E-state index is 0.327. The molecular weight excluding hydrogens is 304 g/mol. The summed E-state index contributed by atoms with van der Waals surface area (Å²) in [6.07, 6.45) is 8.11. The molecule has 0 aliphatic carbocycles. The van der Waals surface area contributed by atoms with Crippen LogP contribution in [0, 0.1) is 0 Å². The first-order valence-electron chi connectivity index (χ1n) is 7.30. The van der Waals surface area contributed by atoms with Crippen molar-refractivity contribution in [2.75, 3.05) is 0 Å². The van der Waals surface area contributed by atoms with Crippen LogP contribution < -0.4 is 11.3 Å². The molecule has 1 atom stereocenters. The Morgan fingerprint density at radius 2 is 2.05 bits per heavy atom. The van der Waals surface area contributed by atoms with Gasteiger partial charge in [-0.15, -0.1) is 0 Å². The third kappa shape index (κ3) is 4.89. The fraction of sp³-hybridized carbons (Fsp3) is 0.786. The SMILES string of the molecule is CCCCCCC(Cc1c(Br)c(CC)nn1C)NN. The van der Waals surface area contributed by atoms with Gasteiger partial charge in [-0.05, 0) is 28.8 Å². The molecule has 0 aliphatic heterocycles. The van der Waals surface area contributed by atoms with E-state index in [0.29, 0.717) is 6.04 Å². The van der Waals surface area contributed by atoms with Crippen molar-refractivity contribution in [1.29, 1.82) is 0 Å². The molecule has 1 heterocycles. The fourth-order valence-corrected chi connectivity index (χ4v) is 3.11. The summed E-state index contributed by atoms with van der Waals surface area (Å²) in [5.41, 5.74) is 5.30. The Morgan fingerprint density at radius 3 is 2.58 bits per heavy atom. The lowest BCUT2D eigenvalue weighted by atomic mass is 10.0. The average Bonchev–Trinajstić information content (AvgIpc) is 2.69. The highest BCUT2D eigenvalue weighted by atomic mass is 79.9. The minimum Gasteiger partial charge on any atom is -0.271 e. The van der Waals surface area contributed by atoms with E-state index < -0.39 is 0 Å². The van der Waals surface area contributed by atoms with Gasteiger partial charge in [-0.25, -0.2) is 0 Å². The molecule has 1 aromatic heterocycles. The Bertz CT molecular complexity index is 376. The van der Waals surface area contributed by atoms with Crippen LogP contribution in [0.25, 0.3) is 0 Å². The van der Waals surface area contributed by atoms with Gasteiger partial charge >= 0.3 is 0 Å². The van der Waals surface area contributed by atoms with E-state index in [2.05, 4.69) is 40.3 Å². The first-order chi connectivity index (χ1) is 9.13. The number of hydrazine groups is 1. The van der Waals surface area contributed by atoms with Crippen LogP contribution in [0.4, 0.5) is 0 Å². The minimum absolute atomic E-state index is 0.327. The molecule has 0 spiro atoms. The average molecular weight is 331 g/mol. The van der Waals surface area contributed by atoms with Crippen molar-refractivity contribution < 1.29 is 0 Å². The molecule has 1 unspecified atom stereocenters. The lowest BCUT2D eigenvalue weighted by Crippen LogP contribution is -2.37. The van der Waals surface area contributed by atoms with Gasteiger partial charge < -0.3 is 0 Å². The molecule has 0 saturated heterocycles. The molecule has 19 heavy (non-hydrogen) atoms. The zero-order valence-corrected chi connectivity index (χ0v) is 14.0. The van der Waals surface area contributed by atoms with E-state index in [1.54, 1.807) is 0 Å². The van der Waals surface area contributed by atoms with Crippen LogP contribution in [0.15, 0.2) is 4.47 Å². The van der Waals surface area contributed by atoms with Crippen molar-refractivity contribution >= 4 is 15.9 Å². The van der Waals surface area contributed by atoms with Gasteiger partial charge in [0, 0.05) is 19.5 Å². The highest BCUT2D eigenvalue weighted by Gasteiger charge is 2.16. The fourth-order valence-electron chi connectivity index (χ4n) is 2.34. The van der Waals surface area contributed by atoms with Crippen molar-refractivity contribution in [2.24, 2.45) is 12.9 Å². The van der Waals surface area contributed by atoms with E-state index in [9.17, 15) is 0 Å². The Hall–Kier alpha value is -0.390. The molecule has 0 aliphatic rings. The molecule has 0 aromatic carbocycles. The van der Waals surface area contributed by atoms with Crippen LogP contribution in [-0.4, -0.2) is 15.8 Å². The number of aromatic nitrogens is 2. The van der Waals surface area contributed by atoms with E-state index >= 15 is 0 Å². The molecule has 0 amide bonds. The van der Waals surface area contributed by atoms with Gasteiger partial charge in [0.15, 0.2) is 0 Å². The number of nitrogens with one attached hydrogen (secondary N) is 1. The number of unbranched alkanes of at least 4 members (excludes halogenated alkanes) is 3. The second-order valence-corrected chi connectivity index (χ2v) is 5.89. The summed E-state index contributed by atoms with van der Waals surface area (Å²) in [6.45, 7) is 4.36. The molecule has 0 saturated carbocycles. The quantitative estimate of drug-likeness (QED) is 0.415. The molecule has 0 fully saturated rings. The Morgan fingerprint density at radius 1 is 1.32 bits per heavy atom. The number of aryl methyl sites for hydroxylation is 2. The van der Waals surface area contributed by atoms with Gasteiger partial charge in [-0.3, -0.25) is 16.0 Å². The normalized spacial score (nSPS) is 12.9. The number of rotatable bonds is 9. The second-order valence-electron chi connectivity index (χ2n) is 5.10. The third-order valence-corrected chi connectivity index (χ3v) is 4.50. The topological polar surface area (TPSA) is 55.9 Å². The predicted octanol–water partition coefficient (Wildman–Crippen LogP) is 3.09. The summed E-state index contributed by atoms with van der Waals surface area (Å²) in [5, 5.41) is 4.53. The van der Waals surface area contributed by atoms with Crippen LogP contribution in [0.1, 0.15) is 57.3 Å². The Labute approximate surface area is 125 Å². The zero-order chi connectivity index (χ0) is 14.3. The standard InChI is InChI=1S/C14H27BrN4/c1-4-6-7-8-9-11(17-16)10-13-14(15)12(5-2)18-19(13)3/h11,17H,4-10,16H2,1-3H3. The van der Waals surface area contributed by atoms with Crippen molar-refractivity contribution in [3.05, 3.63) is 15.9 Å². The highest BCUT2D eigenvalue weighted by molar-refractivity contribution is 9.10. The summed E-state index contributed by atoms with van der Waals surface area (Å²) in [7, 11) is 2.00. The molecule has 4 nitrogen and oxygen atoms in total. The summed E-state index contributed by atoms with van der Waals surface area (Å²) < 4.78 is 3.12. The first-order valence-corrected chi connectivity index (χ1v) is 8.09. The van der Waals surface area contributed by atoms with E-state index in [0.717, 1.165) is 29.4 Å². The van der Waals surface area contributed by atoms with Gasteiger partial charge in [0.2, 0.25) is 0 Å². The van der Waals surface area contributed by atoms with Gasteiger partial charge in [0.1, 0.15) is 0 Å². The molecule has 0 bridgehead atoms. The summed E-state index contributed by atoms with van der Waals surface area (Å²) in [4.78, 5) is 0. The van der Waals surface area contributed by atoms with Crippen LogP contribution >= 0.6 is 15.9 Å². The van der Waals surface area contributed by atoms with Gasteiger partial charge in [-0.2, -0.15) is 5.10 Å². The van der Waals surface area contributed by atoms with Crippen molar-refractivity contribution in [1.82, 2.24) is 15.2 Å². The molecule has 0 radical (unpaired) electrons. The van der Waals surface area contributed by atoms with Crippen LogP contribution in [-0.2, 0) is 19.9 Å². The number of nitrogens with two attached hydrogens (primary N) is 1. The maximum Gasteiger partial charge on any atom is 0.0766 e. The smallest absolute Gasteiger partial charge is 0.0766 e. The molecule has 3 N–H and O–H groups in total. The van der Waals surface area contributed by atoms with E-state index in [4.69, 9.17) is 5.84 Å². The van der Waals surface area contributed by atoms with Gasteiger partial charge in [0.25, 0.3) is 0 Å². The van der Waals surface area contributed by atoms with E-state index in [-0.39, 0.29) is 0 Å². The van der Waals surface area contributed by atoms with Crippen LogP contribution in [0.3, 0.4) is 0 Å². The van der Waals surface area contributed by atoms with E-state index in [1.165, 1.54) is 31.4 Å². The molecule has 110 valence electrons. The largest absolute Gasteiger partial charge is 0.271 e. The number of hydrogen-bond donors (Lipinski definition) is 2. The Kier molecular flexibility index (Phi) is 7.64. The maximum atomic E-state index is 5.68. The van der Waals surface area contributed by atoms with Crippen LogP contribution in [0.2, 0.25) is 0 Å². The summed E-state index contributed by atoms with van der Waals surface area (Å²) >= 11 is 3.66. The zero-order valence-electron chi connectivity index (χ0n) is 12.4. The number of nitrogens with zero attached hydrogens (tertiary/aromatic N) is 2. The summed E-state index contributed by atoms with van der Waals surface area (Å²) in [6, 6.07) is 0.327. The highest BCUT2D eigenvalue weighted by Crippen LogP contribution is 2.23. The number of halogens is 1. The molecule has 1 aromatic rings. The Balaban J connectivity index is 2.57. The summed E-state index contributed by atoms with van der Waals surface area (Å²) in [5.74, 6) is 5.68. The van der Waals surface area contributed by atoms with Gasteiger partial charge in [-0.1, -0.05) is 39.5 Å².